The number of amides is 1. The van der Waals surface area contributed by atoms with Gasteiger partial charge in [-0.2, -0.15) is 0 Å². The lowest BCUT2D eigenvalue weighted by Crippen LogP contribution is -2.39. The van der Waals surface area contributed by atoms with Crippen LogP contribution in [0, 0.1) is 10.1 Å². The number of rotatable bonds is 6. The second-order valence-electron chi connectivity index (χ2n) is 6.69. The van der Waals surface area contributed by atoms with E-state index in [2.05, 4.69) is 0 Å². The Bertz CT molecular complexity index is 896. The number of hydrogen-bond donors (Lipinski definition) is 0. The summed E-state index contributed by atoms with van der Waals surface area (Å²) >= 11 is 12.2. The van der Waals surface area contributed by atoms with Gasteiger partial charge in [0.1, 0.15) is 0 Å². The number of carbonyl (C=O) groups is 2. The van der Waals surface area contributed by atoms with E-state index in [0.717, 1.165) is 25.7 Å². The maximum Gasteiger partial charge on any atom is 0.293 e. The van der Waals surface area contributed by atoms with E-state index in [0.29, 0.717) is 16.3 Å². The van der Waals surface area contributed by atoms with Crippen LogP contribution in [0.2, 0.25) is 10.0 Å². The molecule has 3 rings (SSSR count). The fourth-order valence-corrected chi connectivity index (χ4v) is 3.94. The molecule has 0 heterocycles. The Morgan fingerprint density at radius 2 is 1.79 bits per heavy atom. The maximum atomic E-state index is 13.2. The van der Waals surface area contributed by atoms with Gasteiger partial charge in [-0.05, 0) is 55.3 Å². The van der Waals surface area contributed by atoms with Crippen LogP contribution in [0.25, 0.3) is 0 Å². The van der Waals surface area contributed by atoms with Crippen molar-refractivity contribution in [3.8, 4) is 0 Å². The molecule has 1 fully saturated rings. The largest absolute Gasteiger partial charge is 0.305 e. The van der Waals surface area contributed by atoms with Crippen LogP contribution < -0.4 is 4.90 Å². The molecular formula is C20H18Cl2N2O4. The molecular weight excluding hydrogens is 403 g/mol. The van der Waals surface area contributed by atoms with Crippen molar-refractivity contribution in [1.29, 1.82) is 0 Å². The minimum atomic E-state index is -1.53. The predicted octanol–water partition coefficient (Wildman–Crippen LogP) is 5.10. The number of nitrogens with zero attached hydrogens (tertiary/aromatic N) is 2. The third kappa shape index (κ3) is 4.18. The molecule has 1 amide bonds. The van der Waals surface area contributed by atoms with Gasteiger partial charge >= 0.3 is 0 Å². The van der Waals surface area contributed by atoms with E-state index in [9.17, 15) is 19.7 Å². The van der Waals surface area contributed by atoms with Crippen LogP contribution in [-0.2, 0) is 4.79 Å². The van der Waals surface area contributed by atoms with Gasteiger partial charge in [0.25, 0.3) is 11.9 Å². The summed E-state index contributed by atoms with van der Waals surface area (Å²) in [5.41, 5.74) is 1.15. The average Bonchev–Trinajstić information content (AvgIpc) is 3.18. The molecule has 1 unspecified atom stereocenters. The zero-order valence-corrected chi connectivity index (χ0v) is 16.4. The number of anilines is 1. The highest BCUT2D eigenvalue weighted by molar-refractivity contribution is 6.32. The molecule has 1 aliphatic rings. The fourth-order valence-electron chi connectivity index (χ4n) is 3.53. The molecule has 1 aliphatic carbocycles. The Morgan fingerprint density at radius 3 is 2.32 bits per heavy atom. The second kappa shape index (κ2) is 8.71. The Balaban J connectivity index is 2.00. The van der Waals surface area contributed by atoms with Crippen LogP contribution in [-0.4, -0.2) is 23.2 Å². The van der Waals surface area contributed by atoms with Crippen LogP contribution in [0.5, 0.6) is 0 Å². The van der Waals surface area contributed by atoms with Gasteiger partial charge in [-0.1, -0.05) is 36.0 Å². The van der Waals surface area contributed by atoms with E-state index in [1.54, 1.807) is 35.2 Å². The van der Waals surface area contributed by atoms with E-state index in [-0.39, 0.29) is 28.8 Å². The summed E-state index contributed by atoms with van der Waals surface area (Å²) in [6.07, 6.45) is 4.02. The summed E-state index contributed by atoms with van der Waals surface area (Å²) in [4.78, 5) is 36.4. The number of nitro groups is 1. The lowest BCUT2D eigenvalue weighted by molar-refractivity contribution is -0.511. The first-order valence-electron chi connectivity index (χ1n) is 8.89. The molecule has 0 aliphatic heterocycles. The lowest BCUT2D eigenvalue weighted by Gasteiger charge is -2.29. The number of benzene rings is 2. The normalized spacial score (nSPS) is 15.2. The van der Waals surface area contributed by atoms with Crippen molar-refractivity contribution in [2.45, 2.75) is 37.8 Å². The van der Waals surface area contributed by atoms with Crippen LogP contribution in [0.1, 0.15) is 47.6 Å². The molecule has 0 radical (unpaired) electrons. The molecule has 0 spiro atoms. The van der Waals surface area contributed by atoms with Gasteiger partial charge in [-0.25, -0.2) is 0 Å². The van der Waals surface area contributed by atoms with Crippen LogP contribution in [0.15, 0.2) is 42.5 Å². The average molecular weight is 421 g/mol. The molecule has 2 aromatic carbocycles. The molecule has 2 aromatic rings. The molecule has 1 atom stereocenters. The highest BCUT2D eigenvalue weighted by atomic mass is 35.5. The highest BCUT2D eigenvalue weighted by Gasteiger charge is 2.31. The maximum absolute atomic E-state index is 13.2. The van der Waals surface area contributed by atoms with E-state index >= 15 is 0 Å². The molecule has 0 saturated heterocycles. The first-order chi connectivity index (χ1) is 13.4. The summed E-state index contributed by atoms with van der Waals surface area (Å²) in [7, 11) is 0. The Hall–Kier alpha value is -2.44. The van der Waals surface area contributed by atoms with Gasteiger partial charge in [0.05, 0.1) is 10.6 Å². The van der Waals surface area contributed by atoms with Crippen molar-refractivity contribution in [3.05, 3.63) is 73.8 Å². The SMILES string of the molecule is O=CC(c1ccc(N(C(=O)c2ccc(Cl)cc2)C2CCCC2)cc1Cl)[N+](=O)[O-]. The van der Waals surface area contributed by atoms with E-state index in [4.69, 9.17) is 23.2 Å². The summed E-state index contributed by atoms with van der Waals surface area (Å²) in [6, 6.07) is 9.69. The molecule has 6 nitrogen and oxygen atoms in total. The smallest absolute Gasteiger partial charge is 0.293 e. The van der Waals surface area contributed by atoms with Gasteiger partial charge in [0.2, 0.25) is 0 Å². The topological polar surface area (TPSA) is 80.5 Å². The van der Waals surface area contributed by atoms with Crippen LogP contribution >= 0.6 is 23.2 Å². The Kier molecular flexibility index (Phi) is 6.31. The van der Waals surface area contributed by atoms with Crippen molar-refractivity contribution in [2.75, 3.05) is 4.90 Å². The van der Waals surface area contributed by atoms with Crippen LogP contribution in [0.3, 0.4) is 0 Å². The summed E-state index contributed by atoms with van der Waals surface area (Å²) in [5.74, 6) is -0.186. The van der Waals surface area contributed by atoms with Gasteiger partial charge in [0.15, 0.2) is 6.29 Å². The minimum Gasteiger partial charge on any atom is -0.305 e. The molecule has 0 N–H and O–H groups in total. The highest BCUT2D eigenvalue weighted by Crippen LogP contribution is 2.34. The third-order valence-corrected chi connectivity index (χ3v) is 5.52. The van der Waals surface area contributed by atoms with Gasteiger partial charge < -0.3 is 4.90 Å². The number of hydrogen-bond acceptors (Lipinski definition) is 4. The molecule has 1 saturated carbocycles. The zero-order chi connectivity index (χ0) is 20.3. The molecule has 0 bridgehead atoms. The number of halogens is 2. The fraction of sp³-hybridized carbons (Fsp3) is 0.300. The van der Waals surface area contributed by atoms with Gasteiger partial charge in [-0.15, -0.1) is 0 Å². The van der Waals surface area contributed by atoms with Crippen molar-refractivity contribution in [3.63, 3.8) is 0 Å². The van der Waals surface area contributed by atoms with Crippen molar-refractivity contribution in [1.82, 2.24) is 0 Å². The standard InChI is InChI=1S/C20H18Cl2N2O4/c21-14-7-5-13(6-8-14)20(26)23(15-3-1-2-4-15)16-9-10-17(18(22)11-16)19(12-25)24(27)28/h5-12,15,19H,1-4H2. The first-order valence-corrected chi connectivity index (χ1v) is 9.65. The van der Waals surface area contributed by atoms with Gasteiger partial charge in [0, 0.05) is 27.2 Å². The van der Waals surface area contributed by atoms with Gasteiger partial charge in [-0.3, -0.25) is 19.7 Å². The lowest BCUT2D eigenvalue weighted by atomic mass is 10.1. The zero-order valence-electron chi connectivity index (χ0n) is 14.9. The van der Waals surface area contributed by atoms with E-state index in [1.165, 1.54) is 12.1 Å². The van der Waals surface area contributed by atoms with Crippen molar-refractivity contribution in [2.24, 2.45) is 0 Å². The Morgan fingerprint density at radius 1 is 1.14 bits per heavy atom. The second-order valence-corrected chi connectivity index (χ2v) is 7.54. The monoisotopic (exact) mass is 420 g/mol. The molecule has 146 valence electrons. The molecule has 8 heteroatoms. The summed E-state index contributed by atoms with van der Waals surface area (Å²) < 4.78 is 0. The van der Waals surface area contributed by atoms with Crippen molar-refractivity contribution >= 4 is 41.1 Å². The van der Waals surface area contributed by atoms with Crippen LogP contribution in [0.4, 0.5) is 5.69 Å². The van der Waals surface area contributed by atoms with Crippen molar-refractivity contribution < 1.29 is 14.5 Å². The quantitative estimate of drug-likeness (QED) is 0.369. The third-order valence-electron chi connectivity index (χ3n) is 4.94. The predicted molar refractivity (Wildman–Crippen MR) is 108 cm³/mol. The van der Waals surface area contributed by atoms with E-state index in [1.807, 2.05) is 0 Å². The minimum absolute atomic E-state index is 0.0162. The molecule has 0 aromatic heterocycles. The molecule has 28 heavy (non-hydrogen) atoms. The number of carbonyl (C=O) groups excluding carboxylic acids is 2. The first kappa shape index (κ1) is 20.3. The summed E-state index contributed by atoms with van der Waals surface area (Å²) in [5, 5.41) is 11.7. The summed E-state index contributed by atoms with van der Waals surface area (Å²) in [6.45, 7) is 0. The number of aldehydes is 1. The van der Waals surface area contributed by atoms with E-state index < -0.39 is 11.0 Å². The Labute approximate surface area is 172 Å².